The largest absolute Gasteiger partial charge is 0.479 e. The summed E-state index contributed by atoms with van der Waals surface area (Å²) in [4.78, 5) is 22.5. The predicted octanol–water partition coefficient (Wildman–Crippen LogP) is 2.80. The number of ether oxygens (including phenoxy) is 2. The highest BCUT2D eigenvalue weighted by atomic mass is 16.8. The highest BCUT2D eigenvalue weighted by molar-refractivity contribution is 5.79. The lowest BCUT2D eigenvalue weighted by Gasteiger charge is -2.24. The van der Waals surface area contributed by atoms with E-state index in [2.05, 4.69) is 0 Å². The number of benzene rings is 1. The van der Waals surface area contributed by atoms with Crippen LogP contribution in [0.25, 0.3) is 0 Å². The first-order chi connectivity index (χ1) is 10.4. The van der Waals surface area contributed by atoms with Crippen LogP contribution >= 0.6 is 0 Å². The van der Waals surface area contributed by atoms with E-state index >= 15 is 0 Å². The lowest BCUT2D eigenvalue weighted by atomic mass is 9.92. The van der Waals surface area contributed by atoms with Gasteiger partial charge >= 0.3 is 5.97 Å². The Morgan fingerprint density at radius 3 is 2.59 bits per heavy atom. The average molecular weight is 307 g/mol. The molecule has 2 aliphatic rings. The maximum absolute atomic E-state index is 11.8. The summed E-state index contributed by atoms with van der Waals surface area (Å²) in [6.45, 7) is 1.42. The molecule has 0 radical (unpaired) electrons. The Balaban J connectivity index is 2.08. The third-order valence-electron chi connectivity index (χ3n) is 4.44. The number of carbonyl (C=O) groups is 1. The minimum atomic E-state index is -1.64. The molecule has 1 aliphatic heterocycles. The van der Waals surface area contributed by atoms with Crippen LogP contribution in [-0.2, 0) is 14.3 Å². The van der Waals surface area contributed by atoms with E-state index in [0.717, 1.165) is 12.8 Å². The molecule has 1 N–H and O–H groups in total. The Bertz CT molecular complexity index is 624. The van der Waals surface area contributed by atoms with Gasteiger partial charge in [0.1, 0.15) is 6.10 Å². The molecule has 1 aromatic carbocycles. The van der Waals surface area contributed by atoms with Crippen molar-refractivity contribution in [3.05, 3.63) is 39.9 Å². The molecule has 7 heteroatoms. The molecule has 1 saturated heterocycles. The van der Waals surface area contributed by atoms with E-state index in [1.807, 2.05) is 0 Å². The summed E-state index contributed by atoms with van der Waals surface area (Å²) in [6.07, 6.45) is 1.98. The summed E-state index contributed by atoms with van der Waals surface area (Å²) in [5.41, 5.74) is -1.56. The highest BCUT2D eigenvalue weighted by Gasteiger charge is 2.61. The zero-order chi connectivity index (χ0) is 16.0. The summed E-state index contributed by atoms with van der Waals surface area (Å²) in [5, 5.41) is 20.8. The number of nitro groups is 1. The number of hydrogen-bond donors (Lipinski definition) is 1. The quantitative estimate of drug-likeness (QED) is 0.681. The Labute approximate surface area is 127 Å². The number of para-hydroxylation sites is 1. The fraction of sp³-hybridized carbons (Fsp3) is 0.533. The topological polar surface area (TPSA) is 98.9 Å². The van der Waals surface area contributed by atoms with E-state index in [4.69, 9.17) is 9.47 Å². The van der Waals surface area contributed by atoms with E-state index in [0.29, 0.717) is 12.8 Å². The number of hydrogen-bond acceptors (Lipinski definition) is 5. The highest BCUT2D eigenvalue weighted by Crippen LogP contribution is 2.53. The van der Waals surface area contributed by atoms with Crippen molar-refractivity contribution in [1.82, 2.24) is 0 Å². The van der Waals surface area contributed by atoms with Crippen LogP contribution in [-0.4, -0.2) is 27.4 Å². The first kappa shape index (κ1) is 14.9. The summed E-state index contributed by atoms with van der Waals surface area (Å²) in [7, 11) is 0. The molecule has 0 bridgehead atoms. The smallest absolute Gasteiger partial charge is 0.338 e. The zero-order valence-corrected chi connectivity index (χ0v) is 12.2. The maximum atomic E-state index is 11.8. The summed E-state index contributed by atoms with van der Waals surface area (Å²) < 4.78 is 11.8. The Morgan fingerprint density at radius 1 is 1.36 bits per heavy atom. The molecular weight excluding hydrogens is 290 g/mol. The fourth-order valence-electron chi connectivity index (χ4n) is 3.32. The van der Waals surface area contributed by atoms with Crippen molar-refractivity contribution in [2.75, 3.05) is 0 Å². The van der Waals surface area contributed by atoms with Crippen LogP contribution in [0.3, 0.4) is 0 Å². The van der Waals surface area contributed by atoms with Gasteiger partial charge in [0, 0.05) is 18.9 Å². The van der Waals surface area contributed by atoms with Gasteiger partial charge in [0.25, 0.3) is 5.69 Å². The van der Waals surface area contributed by atoms with Crippen molar-refractivity contribution >= 4 is 11.7 Å². The van der Waals surface area contributed by atoms with Crippen molar-refractivity contribution in [3.63, 3.8) is 0 Å². The SMILES string of the molecule is C[C@@]1(C(=O)O)OC2(CCCC2)O[C@H]1c1ccccc1[N+](=O)[O-]. The lowest BCUT2D eigenvalue weighted by molar-refractivity contribution is -0.386. The number of rotatable bonds is 3. The van der Waals surface area contributed by atoms with Gasteiger partial charge in [-0.15, -0.1) is 0 Å². The van der Waals surface area contributed by atoms with Crippen LogP contribution < -0.4 is 0 Å². The zero-order valence-electron chi connectivity index (χ0n) is 12.2. The molecule has 1 aliphatic carbocycles. The minimum absolute atomic E-state index is 0.154. The van der Waals surface area contributed by atoms with E-state index < -0.39 is 28.4 Å². The van der Waals surface area contributed by atoms with Gasteiger partial charge in [-0.2, -0.15) is 0 Å². The molecule has 22 heavy (non-hydrogen) atoms. The van der Waals surface area contributed by atoms with Gasteiger partial charge < -0.3 is 14.6 Å². The molecule has 0 amide bonds. The van der Waals surface area contributed by atoms with Gasteiger partial charge in [-0.25, -0.2) is 4.79 Å². The van der Waals surface area contributed by atoms with Gasteiger partial charge in [0.05, 0.1) is 10.5 Å². The van der Waals surface area contributed by atoms with Gasteiger partial charge in [-0.3, -0.25) is 10.1 Å². The summed E-state index contributed by atoms with van der Waals surface area (Å²) in [6, 6.07) is 6.05. The number of carboxylic acids is 1. The van der Waals surface area contributed by atoms with Crippen LogP contribution in [0, 0.1) is 10.1 Å². The van der Waals surface area contributed by atoms with Crippen molar-refractivity contribution < 1.29 is 24.3 Å². The molecule has 0 unspecified atom stereocenters. The first-order valence-electron chi connectivity index (χ1n) is 7.23. The summed E-state index contributed by atoms with van der Waals surface area (Å²) >= 11 is 0. The Kier molecular flexibility index (Phi) is 3.41. The third kappa shape index (κ3) is 2.17. The minimum Gasteiger partial charge on any atom is -0.479 e. The molecular formula is C15H17NO6. The number of nitro benzene ring substituents is 1. The monoisotopic (exact) mass is 307 g/mol. The molecule has 2 fully saturated rings. The fourth-order valence-corrected chi connectivity index (χ4v) is 3.32. The molecule has 7 nitrogen and oxygen atoms in total. The predicted molar refractivity (Wildman–Crippen MR) is 75.2 cm³/mol. The molecule has 3 rings (SSSR count). The van der Waals surface area contributed by atoms with Gasteiger partial charge in [-0.05, 0) is 25.8 Å². The van der Waals surface area contributed by atoms with Crippen molar-refractivity contribution in [2.24, 2.45) is 0 Å². The third-order valence-corrected chi connectivity index (χ3v) is 4.44. The van der Waals surface area contributed by atoms with Crippen LogP contribution in [0.2, 0.25) is 0 Å². The second-order valence-corrected chi connectivity index (χ2v) is 5.95. The van der Waals surface area contributed by atoms with Crippen LogP contribution in [0.4, 0.5) is 5.69 Å². The number of nitrogens with zero attached hydrogens (tertiary/aromatic N) is 1. The average Bonchev–Trinajstić information content (AvgIpc) is 3.04. The number of carboxylic acid groups (broad SMARTS) is 1. The molecule has 2 atom stereocenters. The van der Waals surface area contributed by atoms with E-state index in [-0.39, 0.29) is 11.3 Å². The van der Waals surface area contributed by atoms with Gasteiger partial charge in [0.15, 0.2) is 11.4 Å². The van der Waals surface area contributed by atoms with E-state index in [1.165, 1.54) is 19.1 Å². The molecule has 1 aromatic rings. The molecule has 1 saturated carbocycles. The summed E-state index contributed by atoms with van der Waals surface area (Å²) in [5.74, 6) is -2.12. The van der Waals surface area contributed by atoms with E-state index in [1.54, 1.807) is 12.1 Å². The maximum Gasteiger partial charge on any atom is 0.338 e. The normalized spacial score (nSPS) is 29.8. The lowest BCUT2D eigenvalue weighted by Crippen LogP contribution is -2.41. The molecule has 1 heterocycles. The van der Waals surface area contributed by atoms with Crippen LogP contribution in [0.15, 0.2) is 24.3 Å². The first-order valence-corrected chi connectivity index (χ1v) is 7.23. The molecule has 0 aromatic heterocycles. The second kappa shape index (κ2) is 5.03. The Morgan fingerprint density at radius 2 is 2.00 bits per heavy atom. The standard InChI is InChI=1S/C15H17NO6/c1-14(13(17)18)12(21-15(22-14)8-4-5-9-15)10-6-2-3-7-11(10)16(19)20/h2-3,6-7,12H,4-5,8-9H2,1H3,(H,17,18)/t12-,14+/m0/s1. The van der Waals surface area contributed by atoms with Crippen molar-refractivity contribution in [1.29, 1.82) is 0 Å². The van der Waals surface area contributed by atoms with Gasteiger partial charge in [0.2, 0.25) is 0 Å². The molecule has 1 spiro atoms. The second-order valence-electron chi connectivity index (χ2n) is 5.95. The van der Waals surface area contributed by atoms with Crippen LogP contribution in [0.5, 0.6) is 0 Å². The van der Waals surface area contributed by atoms with Crippen LogP contribution in [0.1, 0.15) is 44.3 Å². The number of aliphatic carboxylic acids is 1. The van der Waals surface area contributed by atoms with E-state index in [9.17, 15) is 20.0 Å². The Hall–Kier alpha value is -1.99. The van der Waals surface area contributed by atoms with Crippen molar-refractivity contribution in [2.45, 2.75) is 50.1 Å². The molecule has 118 valence electrons. The van der Waals surface area contributed by atoms with Gasteiger partial charge in [-0.1, -0.05) is 12.1 Å². The van der Waals surface area contributed by atoms with Crippen molar-refractivity contribution in [3.8, 4) is 0 Å².